The highest BCUT2D eigenvalue weighted by Gasteiger charge is 2.20. The van der Waals surface area contributed by atoms with E-state index in [0.717, 1.165) is 12.3 Å². The van der Waals surface area contributed by atoms with E-state index in [-0.39, 0.29) is 0 Å². The second-order valence-corrected chi connectivity index (χ2v) is 6.02. The summed E-state index contributed by atoms with van der Waals surface area (Å²) in [4.78, 5) is 0. The highest BCUT2D eigenvalue weighted by Crippen LogP contribution is 2.30. The Morgan fingerprint density at radius 1 is 1.18 bits per heavy atom. The monoisotopic (exact) mass is 250 g/mol. The van der Waals surface area contributed by atoms with Crippen LogP contribution in [-0.4, -0.2) is 5.38 Å². The minimum absolute atomic E-state index is 0.329. The number of halogens is 1. The molecule has 1 saturated carbocycles. The number of hydrogen-bond acceptors (Lipinski definition) is 0. The molecular weight excluding hydrogens is 228 g/mol. The summed E-state index contributed by atoms with van der Waals surface area (Å²) in [7, 11) is 0. The SMILES string of the molecule is Cc1cccc(CC(Cl)C2CCCCCC2)c1. The van der Waals surface area contributed by atoms with Crippen molar-refractivity contribution in [3.63, 3.8) is 0 Å². The van der Waals surface area contributed by atoms with E-state index in [2.05, 4.69) is 31.2 Å². The fourth-order valence-corrected chi connectivity index (χ4v) is 3.33. The maximum Gasteiger partial charge on any atom is 0.0404 e. The van der Waals surface area contributed by atoms with Gasteiger partial charge in [0.15, 0.2) is 0 Å². The molecular formula is C16H23Cl. The fraction of sp³-hybridized carbons (Fsp3) is 0.625. The average molecular weight is 251 g/mol. The highest BCUT2D eigenvalue weighted by atomic mass is 35.5. The van der Waals surface area contributed by atoms with E-state index in [1.807, 2.05) is 0 Å². The molecule has 1 aromatic carbocycles. The van der Waals surface area contributed by atoms with Crippen molar-refractivity contribution < 1.29 is 0 Å². The maximum absolute atomic E-state index is 6.62. The van der Waals surface area contributed by atoms with E-state index in [4.69, 9.17) is 11.6 Å². The van der Waals surface area contributed by atoms with Crippen molar-refractivity contribution in [2.45, 2.75) is 57.2 Å². The van der Waals surface area contributed by atoms with E-state index in [1.165, 1.54) is 49.7 Å². The first-order chi connectivity index (χ1) is 8.25. The molecule has 1 aromatic rings. The van der Waals surface area contributed by atoms with E-state index in [9.17, 15) is 0 Å². The van der Waals surface area contributed by atoms with E-state index < -0.39 is 0 Å². The summed E-state index contributed by atoms with van der Waals surface area (Å²) in [5.41, 5.74) is 2.74. The third kappa shape index (κ3) is 4.03. The fourth-order valence-electron chi connectivity index (χ4n) is 2.90. The van der Waals surface area contributed by atoms with Gasteiger partial charge in [0.2, 0.25) is 0 Å². The number of rotatable bonds is 3. The second-order valence-electron chi connectivity index (χ2n) is 5.46. The normalized spacial score (nSPS) is 19.9. The van der Waals surface area contributed by atoms with Crippen LogP contribution in [0.2, 0.25) is 0 Å². The summed E-state index contributed by atoms with van der Waals surface area (Å²) in [5.74, 6) is 0.736. The summed E-state index contributed by atoms with van der Waals surface area (Å²) in [5, 5.41) is 0.329. The van der Waals surface area contributed by atoms with Crippen molar-refractivity contribution in [3.8, 4) is 0 Å². The maximum atomic E-state index is 6.62. The minimum Gasteiger partial charge on any atom is -0.122 e. The molecule has 0 spiro atoms. The number of alkyl halides is 1. The highest BCUT2D eigenvalue weighted by molar-refractivity contribution is 6.20. The van der Waals surface area contributed by atoms with Gasteiger partial charge in [-0.25, -0.2) is 0 Å². The summed E-state index contributed by atoms with van der Waals surface area (Å²) in [6.07, 6.45) is 9.27. The quantitative estimate of drug-likeness (QED) is 0.516. The lowest BCUT2D eigenvalue weighted by Crippen LogP contribution is -2.17. The van der Waals surface area contributed by atoms with Crippen LogP contribution >= 0.6 is 11.6 Å². The molecule has 0 radical (unpaired) electrons. The molecule has 0 N–H and O–H groups in total. The standard InChI is InChI=1S/C16H23Cl/c1-13-7-6-8-14(11-13)12-16(17)15-9-4-2-3-5-10-15/h6-8,11,15-16H,2-5,9-10,12H2,1H3. The zero-order chi connectivity index (χ0) is 12.1. The molecule has 0 amide bonds. The molecule has 1 unspecified atom stereocenters. The van der Waals surface area contributed by atoms with Crippen molar-refractivity contribution in [3.05, 3.63) is 35.4 Å². The van der Waals surface area contributed by atoms with Gasteiger partial charge in [0, 0.05) is 5.38 Å². The van der Waals surface area contributed by atoms with Crippen LogP contribution < -0.4 is 0 Å². The van der Waals surface area contributed by atoms with Crippen molar-refractivity contribution in [1.29, 1.82) is 0 Å². The Kier molecular flexibility index (Phi) is 4.91. The Morgan fingerprint density at radius 2 is 1.88 bits per heavy atom. The number of hydrogen-bond donors (Lipinski definition) is 0. The lowest BCUT2D eigenvalue weighted by atomic mass is 9.92. The molecule has 2 rings (SSSR count). The van der Waals surface area contributed by atoms with Gasteiger partial charge in [0.05, 0.1) is 0 Å². The van der Waals surface area contributed by atoms with Crippen LogP contribution in [0.15, 0.2) is 24.3 Å². The van der Waals surface area contributed by atoms with Gasteiger partial charge < -0.3 is 0 Å². The third-order valence-electron chi connectivity index (χ3n) is 3.92. The van der Waals surface area contributed by atoms with E-state index in [1.54, 1.807) is 0 Å². The van der Waals surface area contributed by atoms with Gasteiger partial charge in [-0.2, -0.15) is 0 Å². The molecule has 0 aromatic heterocycles. The first-order valence-electron chi connectivity index (χ1n) is 6.95. The molecule has 0 bridgehead atoms. The van der Waals surface area contributed by atoms with Crippen molar-refractivity contribution >= 4 is 11.6 Å². The number of aryl methyl sites for hydroxylation is 1. The van der Waals surface area contributed by atoms with Crippen LogP contribution in [0.5, 0.6) is 0 Å². The molecule has 17 heavy (non-hydrogen) atoms. The predicted molar refractivity (Wildman–Crippen MR) is 75.7 cm³/mol. The topological polar surface area (TPSA) is 0 Å². The lowest BCUT2D eigenvalue weighted by molar-refractivity contribution is 0.435. The first-order valence-corrected chi connectivity index (χ1v) is 7.39. The predicted octanol–water partition coefficient (Wildman–Crippen LogP) is 5.12. The van der Waals surface area contributed by atoms with Gasteiger partial charge in [-0.1, -0.05) is 55.5 Å². The third-order valence-corrected chi connectivity index (χ3v) is 4.44. The van der Waals surface area contributed by atoms with Crippen LogP contribution in [0.4, 0.5) is 0 Å². The van der Waals surface area contributed by atoms with Gasteiger partial charge in [-0.15, -0.1) is 11.6 Å². The zero-order valence-electron chi connectivity index (χ0n) is 10.8. The summed E-state index contributed by atoms with van der Waals surface area (Å²) in [6.45, 7) is 2.15. The van der Waals surface area contributed by atoms with Gasteiger partial charge in [-0.3, -0.25) is 0 Å². The molecule has 0 saturated heterocycles. The Morgan fingerprint density at radius 3 is 2.53 bits per heavy atom. The van der Waals surface area contributed by atoms with Gasteiger partial charge in [0.25, 0.3) is 0 Å². The second kappa shape index (κ2) is 6.44. The Bertz CT molecular complexity index is 337. The molecule has 94 valence electrons. The molecule has 1 heteroatoms. The zero-order valence-corrected chi connectivity index (χ0v) is 11.5. The van der Waals surface area contributed by atoms with Gasteiger partial charge >= 0.3 is 0 Å². The van der Waals surface area contributed by atoms with Crippen LogP contribution in [-0.2, 0) is 6.42 Å². The summed E-state index contributed by atoms with van der Waals surface area (Å²) >= 11 is 6.62. The molecule has 0 nitrogen and oxygen atoms in total. The summed E-state index contributed by atoms with van der Waals surface area (Å²) in [6, 6.07) is 8.77. The van der Waals surface area contributed by atoms with Gasteiger partial charge in [-0.05, 0) is 37.7 Å². The van der Waals surface area contributed by atoms with Gasteiger partial charge in [0.1, 0.15) is 0 Å². The Balaban J connectivity index is 1.93. The lowest BCUT2D eigenvalue weighted by Gasteiger charge is -2.20. The van der Waals surface area contributed by atoms with Crippen molar-refractivity contribution in [2.24, 2.45) is 5.92 Å². The molecule has 1 fully saturated rings. The molecule has 0 aliphatic heterocycles. The molecule has 1 aliphatic rings. The van der Waals surface area contributed by atoms with E-state index >= 15 is 0 Å². The van der Waals surface area contributed by atoms with Crippen LogP contribution in [0, 0.1) is 12.8 Å². The van der Waals surface area contributed by atoms with Crippen LogP contribution in [0.3, 0.4) is 0 Å². The summed E-state index contributed by atoms with van der Waals surface area (Å²) < 4.78 is 0. The molecule has 1 aliphatic carbocycles. The first kappa shape index (κ1) is 13.0. The Hall–Kier alpha value is -0.490. The molecule has 0 heterocycles. The minimum atomic E-state index is 0.329. The number of benzene rings is 1. The molecule has 1 atom stereocenters. The van der Waals surface area contributed by atoms with Crippen molar-refractivity contribution in [1.82, 2.24) is 0 Å². The van der Waals surface area contributed by atoms with Crippen LogP contribution in [0.1, 0.15) is 49.7 Å². The van der Waals surface area contributed by atoms with Crippen molar-refractivity contribution in [2.75, 3.05) is 0 Å². The van der Waals surface area contributed by atoms with Crippen LogP contribution in [0.25, 0.3) is 0 Å². The smallest absolute Gasteiger partial charge is 0.0404 e. The van der Waals surface area contributed by atoms with E-state index in [0.29, 0.717) is 5.38 Å². The largest absolute Gasteiger partial charge is 0.122 e. The average Bonchev–Trinajstić information content (AvgIpc) is 2.57. The Labute approximate surface area is 110 Å².